The van der Waals surface area contributed by atoms with Gasteiger partial charge in [0.05, 0.1) is 6.42 Å². The third-order valence-electron chi connectivity index (χ3n) is 3.24. The van der Waals surface area contributed by atoms with Crippen molar-refractivity contribution in [2.75, 3.05) is 20.6 Å². The van der Waals surface area contributed by atoms with Crippen molar-refractivity contribution >= 4 is 17.8 Å². The number of benzene rings is 1. The Labute approximate surface area is 130 Å². The van der Waals surface area contributed by atoms with E-state index >= 15 is 0 Å². The molecule has 1 N–H and O–H groups in total. The Morgan fingerprint density at radius 2 is 1.45 bits per heavy atom. The number of hydrogen-bond donors (Lipinski definition) is 1. The van der Waals surface area contributed by atoms with Gasteiger partial charge in [-0.3, -0.25) is 14.4 Å². The minimum atomic E-state index is -0.939. The number of hydrogen-bond acceptors (Lipinski definition) is 3. The highest BCUT2D eigenvalue weighted by Gasteiger charge is 2.20. The van der Waals surface area contributed by atoms with Gasteiger partial charge in [-0.25, -0.2) is 0 Å². The monoisotopic (exact) mass is 306 g/mol. The highest BCUT2D eigenvalue weighted by molar-refractivity contribution is 5.97. The van der Waals surface area contributed by atoms with E-state index in [2.05, 4.69) is 0 Å². The Kier molecular flexibility index (Phi) is 6.10. The summed E-state index contributed by atoms with van der Waals surface area (Å²) in [6.45, 7) is 3.83. The zero-order valence-electron chi connectivity index (χ0n) is 13.4. The molecule has 0 saturated heterocycles. The van der Waals surface area contributed by atoms with Crippen LogP contribution in [0.5, 0.6) is 0 Å². The van der Waals surface area contributed by atoms with E-state index in [1.807, 2.05) is 13.8 Å². The van der Waals surface area contributed by atoms with Gasteiger partial charge in [0, 0.05) is 37.8 Å². The van der Waals surface area contributed by atoms with Gasteiger partial charge in [-0.05, 0) is 38.1 Å². The lowest BCUT2D eigenvalue weighted by atomic mass is 10.1. The van der Waals surface area contributed by atoms with Crippen LogP contribution in [0.15, 0.2) is 24.3 Å². The van der Waals surface area contributed by atoms with Crippen molar-refractivity contribution in [3.63, 3.8) is 0 Å². The SMILES string of the molecule is CC(C)N(CCC(=O)O)C(=O)c1ccc(C(=O)N(C)C)cc1. The molecule has 0 radical (unpaired) electrons. The molecule has 22 heavy (non-hydrogen) atoms. The van der Waals surface area contributed by atoms with E-state index in [0.29, 0.717) is 11.1 Å². The molecule has 1 rings (SSSR count). The first-order valence-corrected chi connectivity index (χ1v) is 7.08. The first-order valence-electron chi connectivity index (χ1n) is 7.08. The van der Waals surface area contributed by atoms with Gasteiger partial charge < -0.3 is 14.9 Å². The van der Waals surface area contributed by atoms with Gasteiger partial charge >= 0.3 is 5.97 Å². The molecular formula is C16H22N2O4. The molecule has 1 aromatic carbocycles. The number of carbonyl (C=O) groups is 3. The molecule has 0 heterocycles. The Bertz CT molecular complexity index is 550. The second-order valence-corrected chi connectivity index (χ2v) is 5.51. The van der Waals surface area contributed by atoms with Crippen LogP contribution in [-0.4, -0.2) is 59.4 Å². The standard InChI is InChI=1S/C16H22N2O4/c1-11(2)18(10-9-14(19)20)16(22)13-7-5-12(6-8-13)15(21)17(3)4/h5-8,11H,9-10H2,1-4H3,(H,19,20). The van der Waals surface area contributed by atoms with Crippen LogP contribution >= 0.6 is 0 Å². The summed E-state index contributed by atoms with van der Waals surface area (Å²) >= 11 is 0. The average Bonchev–Trinajstić information content (AvgIpc) is 2.45. The van der Waals surface area contributed by atoms with Gasteiger partial charge in [0.25, 0.3) is 11.8 Å². The molecule has 0 atom stereocenters. The minimum Gasteiger partial charge on any atom is -0.481 e. The zero-order valence-corrected chi connectivity index (χ0v) is 13.4. The van der Waals surface area contributed by atoms with Crippen molar-refractivity contribution in [2.24, 2.45) is 0 Å². The quantitative estimate of drug-likeness (QED) is 0.868. The van der Waals surface area contributed by atoms with Crippen LogP contribution in [-0.2, 0) is 4.79 Å². The Hall–Kier alpha value is -2.37. The molecule has 2 amide bonds. The molecule has 6 heteroatoms. The number of rotatable bonds is 6. The smallest absolute Gasteiger partial charge is 0.305 e. The van der Waals surface area contributed by atoms with Crippen molar-refractivity contribution in [1.82, 2.24) is 9.80 Å². The van der Waals surface area contributed by atoms with Crippen LogP contribution in [0.2, 0.25) is 0 Å². The van der Waals surface area contributed by atoms with Crippen molar-refractivity contribution in [1.29, 1.82) is 0 Å². The van der Waals surface area contributed by atoms with Gasteiger partial charge in [0.15, 0.2) is 0 Å². The first kappa shape index (κ1) is 17.7. The molecular weight excluding hydrogens is 284 g/mol. The van der Waals surface area contributed by atoms with Crippen molar-refractivity contribution in [3.8, 4) is 0 Å². The molecule has 0 aliphatic rings. The lowest BCUT2D eigenvalue weighted by Gasteiger charge is -2.26. The maximum absolute atomic E-state index is 12.5. The number of aliphatic carboxylic acids is 1. The highest BCUT2D eigenvalue weighted by atomic mass is 16.4. The molecule has 0 unspecified atom stereocenters. The van der Waals surface area contributed by atoms with Gasteiger partial charge in [0.2, 0.25) is 0 Å². The first-order chi connectivity index (χ1) is 10.2. The van der Waals surface area contributed by atoms with Crippen molar-refractivity contribution in [2.45, 2.75) is 26.3 Å². The second-order valence-electron chi connectivity index (χ2n) is 5.51. The van der Waals surface area contributed by atoms with E-state index in [4.69, 9.17) is 5.11 Å². The van der Waals surface area contributed by atoms with Crippen LogP contribution in [0.1, 0.15) is 41.0 Å². The molecule has 0 aromatic heterocycles. The molecule has 120 valence electrons. The van der Waals surface area contributed by atoms with Crippen LogP contribution in [0.25, 0.3) is 0 Å². The number of amides is 2. The van der Waals surface area contributed by atoms with Gasteiger partial charge in [-0.1, -0.05) is 0 Å². The predicted molar refractivity (Wildman–Crippen MR) is 82.9 cm³/mol. The summed E-state index contributed by atoms with van der Waals surface area (Å²) in [5.41, 5.74) is 0.942. The van der Waals surface area contributed by atoms with Crippen LogP contribution < -0.4 is 0 Å². The van der Waals surface area contributed by atoms with Crippen molar-refractivity contribution in [3.05, 3.63) is 35.4 Å². The summed E-state index contributed by atoms with van der Waals surface area (Å²) in [4.78, 5) is 37.9. The molecule has 0 fully saturated rings. The normalized spacial score (nSPS) is 10.4. The van der Waals surface area contributed by atoms with Gasteiger partial charge in [-0.2, -0.15) is 0 Å². The number of carboxylic acids is 1. The third kappa shape index (κ3) is 4.58. The van der Waals surface area contributed by atoms with Gasteiger partial charge in [-0.15, -0.1) is 0 Å². The Morgan fingerprint density at radius 1 is 1.00 bits per heavy atom. The summed E-state index contributed by atoms with van der Waals surface area (Å²) in [5, 5.41) is 8.77. The summed E-state index contributed by atoms with van der Waals surface area (Å²) in [7, 11) is 3.32. The summed E-state index contributed by atoms with van der Waals surface area (Å²) in [6.07, 6.45) is -0.0961. The number of carbonyl (C=O) groups excluding carboxylic acids is 2. The topological polar surface area (TPSA) is 77.9 Å². The second kappa shape index (κ2) is 7.59. The third-order valence-corrected chi connectivity index (χ3v) is 3.24. The Morgan fingerprint density at radius 3 is 1.82 bits per heavy atom. The zero-order chi connectivity index (χ0) is 16.9. The van der Waals surface area contributed by atoms with E-state index < -0.39 is 5.97 Å². The van der Waals surface area contributed by atoms with E-state index in [9.17, 15) is 14.4 Å². The summed E-state index contributed by atoms with van der Waals surface area (Å²) in [6, 6.07) is 6.29. The van der Waals surface area contributed by atoms with E-state index in [-0.39, 0.29) is 30.8 Å². The van der Waals surface area contributed by atoms with Crippen LogP contribution in [0.3, 0.4) is 0 Å². The fraction of sp³-hybridized carbons (Fsp3) is 0.438. The van der Waals surface area contributed by atoms with Crippen LogP contribution in [0, 0.1) is 0 Å². The molecule has 0 spiro atoms. The average molecular weight is 306 g/mol. The number of carboxylic acid groups (broad SMARTS) is 1. The highest BCUT2D eigenvalue weighted by Crippen LogP contribution is 2.12. The summed E-state index contributed by atoms with van der Waals surface area (Å²) < 4.78 is 0. The lowest BCUT2D eigenvalue weighted by Crippen LogP contribution is -2.38. The number of nitrogens with zero attached hydrogens (tertiary/aromatic N) is 2. The molecule has 0 aliphatic carbocycles. The lowest BCUT2D eigenvalue weighted by molar-refractivity contribution is -0.137. The van der Waals surface area contributed by atoms with E-state index in [1.54, 1.807) is 38.4 Å². The summed E-state index contributed by atoms with van der Waals surface area (Å²) in [5.74, 6) is -1.31. The van der Waals surface area contributed by atoms with Crippen molar-refractivity contribution < 1.29 is 19.5 Å². The molecule has 0 saturated carbocycles. The Balaban J connectivity index is 2.90. The van der Waals surface area contributed by atoms with E-state index in [0.717, 1.165) is 0 Å². The minimum absolute atomic E-state index is 0.0961. The molecule has 6 nitrogen and oxygen atoms in total. The molecule has 0 bridgehead atoms. The maximum Gasteiger partial charge on any atom is 0.305 e. The fourth-order valence-electron chi connectivity index (χ4n) is 1.99. The predicted octanol–water partition coefficient (Wildman–Crippen LogP) is 1.71. The molecule has 0 aliphatic heterocycles. The largest absolute Gasteiger partial charge is 0.481 e. The van der Waals surface area contributed by atoms with Gasteiger partial charge in [0.1, 0.15) is 0 Å². The fourth-order valence-corrected chi connectivity index (χ4v) is 1.99. The van der Waals surface area contributed by atoms with E-state index in [1.165, 1.54) is 9.80 Å². The molecule has 1 aromatic rings. The maximum atomic E-state index is 12.5. The van der Waals surface area contributed by atoms with Crippen LogP contribution in [0.4, 0.5) is 0 Å².